The fourth-order valence-corrected chi connectivity index (χ4v) is 5.42. The molecule has 7 heteroatoms. The van der Waals surface area contributed by atoms with Crippen LogP contribution in [-0.4, -0.2) is 59.9 Å². The largest absolute Gasteiger partial charge is 0.351 e. The van der Waals surface area contributed by atoms with Gasteiger partial charge in [-0.3, -0.25) is 14.5 Å². The first kappa shape index (κ1) is 20.6. The van der Waals surface area contributed by atoms with Crippen molar-refractivity contribution in [2.75, 3.05) is 33.7 Å². The maximum absolute atomic E-state index is 12.7. The Morgan fingerprint density at radius 1 is 1.17 bits per heavy atom. The van der Waals surface area contributed by atoms with Crippen molar-refractivity contribution in [2.45, 2.75) is 18.4 Å². The number of amides is 2. The lowest BCUT2D eigenvalue weighted by atomic mass is 9.84. The molecule has 1 aliphatic heterocycles. The predicted octanol–water partition coefficient (Wildman–Crippen LogP) is 3.05. The van der Waals surface area contributed by atoms with E-state index in [1.165, 1.54) is 4.88 Å². The van der Waals surface area contributed by atoms with E-state index in [1.807, 2.05) is 40.9 Å². The van der Waals surface area contributed by atoms with Crippen LogP contribution in [0.25, 0.3) is 10.9 Å². The van der Waals surface area contributed by atoms with Gasteiger partial charge in [0.2, 0.25) is 5.91 Å². The molecule has 0 atom stereocenters. The third-order valence-corrected chi connectivity index (χ3v) is 7.39. The van der Waals surface area contributed by atoms with E-state index < -0.39 is 0 Å². The summed E-state index contributed by atoms with van der Waals surface area (Å²) in [4.78, 5) is 30.8. The second-order valence-corrected chi connectivity index (χ2v) is 9.11. The van der Waals surface area contributed by atoms with Crippen molar-refractivity contribution in [1.82, 2.24) is 19.7 Å². The summed E-state index contributed by atoms with van der Waals surface area (Å²) in [7, 11) is 6.18. The van der Waals surface area contributed by atoms with Crippen molar-refractivity contribution in [1.29, 1.82) is 0 Å². The van der Waals surface area contributed by atoms with Gasteiger partial charge in [-0.1, -0.05) is 12.1 Å². The Hall–Kier alpha value is -2.64. The standard InChI is InChI=1S/C23H28N4O2S/c1-25(2)23(20-5-4-14-30-20)9-12-27(13-10-23)21(28)16-24-22(29)18-7-6-17-8-11-26(3)19(17)15-18/h4-8,11,14-15H,9-10,12-13,16H2,1-3H3,(H,24,29). The lowest BCUT2D eigenvalue weighted by Crippen LogP contribution is -2.52. The number of piperidine rings is 1. The van der Waals surface area contributed by atoms with E-state index in [-0.39, 0.29) is 23.9 Å². The number of aromatic nitrogens is 1. The summed E-state index contributed by atoms with van der Waals surface area (Å²) in [5.74, 6) is -0.244. The van der Waals surface area contributed by atoms with Gasteiger partial charge < -0.3 is 14.8 Å². The van der Waals surface area contributed by atoms with Gasteiger partial charge in [0.15, 0.2) is 0 Å². The first-order valence-corrected chi connectivity index (χ1v) is 11.1. The lowest BCUT2D eigenvalue weighted by molar-refractivity contribution is -0.132. The number of aryl methyl sites for hydroxylation is 1. The minimum absolute atomic E-state index is 0.0152. The van der Waals surface area contributed by atoms with Gasteiger partial charge in [0.25, 0.3) is 5.91 Å². The molecule has 1 aliphatic rings. The number of hydrogen-bond acceptors (Lipinski definition) is 4. The van der Waals surface area contributed by atoms with Gasteiger partial charge >= 0.3 is 0 Å². The first-order chi connectivity index (χ1) is 14.4. The smallest absolute Gasteiger partial charge is 0.251 e. The fraction of sp³-hybridized carbons (Fsp3) is 0.391. The maximum atomic E-state index is 12.7. The van der Waals surface area contributed by atoms with Crippen LogP contribution in [0.15, 0.2) is 48.0 Å². The molecule has 3 heterocycles. The Labute approximate surface area is 181 Å². The van der Waals surface area contributed by atoms with Crippen LogP contribution < -0.4 is 5.32 Å². The topological polar surface area (TPSA) is 57.6 Å². The van der Waals surface area contributed by atoms with Crippen molar-refractivity contribution in [3.05, 3.63) is 58.4 Å². The lowest BCUT2D eigenvalue weighted by Gasteiger charge is -2.45. The van der Waals surface area contributed by atoms with E-state index in [2.05, 4.69) is 41.8 Å². The summed E-state index contributed by atoms with van der Waals surface area (Å²) in [6, 6.07) is 11.9. The highest BCUT2D eigenvalue weighted by molar-refractivity contribution is 7.10. The first-order valence-electron chi connectivity index (χ1n) is 10.2. The third-order valence-electron chi connectivity index (χ3n) is 6.33. The number of nitrogens with zero attached hydrogens (tertiary/aromatic N) is 3. The molecule has 1 aromatic carbocycles. The van der Waals surface area contributed by atoms with Gasteiger partial charge in [0, 0.05) is 42.3 Å². The zero-order valence-electron chi connectivity index (χ0n) is 17.7. The second-order valence-electron chi connectivity index (χ2n) is 8.17. The van der Waals surface area contributed by atoms with Gasteiger partial charge in [-0.25, -0.2) is 0 Å². The van der Waals surface area contributed by atoms with E-state index in [1.54, 1.807) is 17.4 Å². The van der Waals surface area contributed by atoms with E-state index in [0.29, 0.717) is 18.7 Å². The number of carbonyl (C=O) groups excluding carboxylic acids is 2. The Morgan fingerprint density at radius 3 is 2.60 bits per heavy atom. The van der Waals surface area contributed by atoms with E-state index in [9.17, 15) is 9.59 Å². The highest BCUT2D eigenvalue weighted by atomic mass is 32.1. The average Bonchev–Trinajstić information content (AvgIpc) is 3.42. The zero-order chi connectivity index (χ0) is 21.3. The molecule has 1 fully saturated rings. The number of carbonyl (C=O) groups is 2. The molecule has 2 amide bonds. The number of hydrogen-bond donors (Lipinski definition) is 1. The fourth-order valence-electron chi connectivity index (χ4n) is 4.36. The summed E-state index contributed by atoms with van der Waals surface area (Å²) in [5.41, 5.74) is 1.55. The molecule has 4 rings (SSSR count). The highest BCUT2D eigenvalue weighted by Gasteiger charge is 2.39. The van der Waals surface area contributed by atoms with Gasteiger partial charge in [0.1, 0.15) is 0 Å². The Bertz CT molecular complexity index is 1050. The van der Waals surface area contributed by atoms with E-state index in [0.717, 1.165) is 23.7 Å². The van der Waals surface area contributed by atoms with Gasteiger partial charge in [-0.2, -0.15) is 0 Å². The Morgan fingerprint density at radius 2 is 1.93 bits per heavy atom. The number of thiophene rings is 1. The molecule has 6 nitrogen and oxygen atoms in total. The molecular formula is C23H28N4O2S. The summed E-state index contributed by atoms with van der Waals surface area (Å²) < 4.78 is 1.98. The molecule has 0 radical (unpaired) electrons. The third kappa shape index (κ3) is 3.75. The molecule has 1 N–H and O–H groups in total. The van der Waals surface area contributed by atoms with Gasteiger partial charge in [0.05, 0.1) is 12.1 Å². The molecule has 158 valence electrons. The number of benzene rings is 1. The van der Waals surface area contributed by atoms with Crippen LogP contribution in [0.3, 0.4) is 0 Å². The monoisotopic (exact) mass is 424 g/mol. The minimum atomic E-state index is -0.218. The quantitative estimate of drug-likeness (QED) is 0.685. The molecule has 0 aliphatic carbocycles. The summed E-state index contributed by atoms with van der Waals surface area (Å²) in [5, 5.41) is 6.00. The molecule has 0 spiro atoms. The highest BCUT2D eigenvalue weighted by Crippen LogP contribution is 2.39. The van der Waals surface area contributed by atoms with Crippen LogP contribution in [0.1, 0.15) is 28.1 Å². The average molecular weight is 425 g/mol. The van der Waals surface area contributed by atoms with Crippen molar-refractivity contribution < 1.29 is 9.59 Å². The van der Waals surface area contributed by atoms with Crippen LogP contribution in [0.2, 0.25) is 0 Å². The molecule has 0 bridgehead atoms. The number of rotatable bonds is 5. The molecule has 3 aromatic rings. The predicted molar refractivity (Wildman–Crippen MR) is 121 cm³/mol. The minimum Gasteiger partial charge on any atom is -0.351 e. The number of nitrogens with one attached hydrogen (secondary N) is 1. The van der Waals surface area contributed by atoms with Crippen LogP contribution in [-0.2, 0) is 17.4 Å². The van der Waals surface area contributed by atoms with Gasteiger partial charge in [-0.05, 0) is 62.0 Å². The summed E-state index contributed by atoms with van der Waals surface area (Å²) >= 11 is 1.78. The van der Waals surface area contributed by atoms with Crippen LogP contribution >= 0.6 is 11.3 Å². The van der Waals surface area contributed by atoms with Crippen LogP contribution in [0.5, 0.6) is 0 Å². The van der Waals surface area contributed by atoms with Crippen molar-refractivity contribution >= 4 is 34.1 Å². The van der Waals surface area contributed by atoms with Crippen molar-refractivity contribution in [3.8, 4) is 0 Å². The summed E-state index contributed by atoms with van der Waals surface area (Å²) in [6.45, 7) is 1.41. The molecule has 2 aromatic heterocycles. The zero-order valence-corrected chi connectivity index (χ0v) is 18.5. The number of fused-ring (bicyclic) bond motifs is 1. The van der Waals surface area contributed by atoms with Gasteiger partial charge in [-0.15, -0.1) is 11.3 Å². The van der Waals surface area contributed by atoms with E-state index in [4.69, 9.17) is 0 Å². The number of likely N-dealkylation sites (tertiary alicyclic amines) is 1. The summed E-state index contributed by atoms with van der Waals surface area (Å²) in [6.07, 6.45) is 3.75. The Kier molecular flexibility index (Phi) is 5.66. The maximum Gasteiger partial charge on any atom is 0.251 e. The van der Waals surface area contributed by atoms with Crippen LogP contribution in [0.4, 0.5) is 0 Å². The van der Waals surface area contributed by atoms with E-state index >= 15 is 0 Å². The van der Waals surface area contributed by atoms with Crippen molar-refractivity contribution in [3.63, 3.8) is 0 Å². The molecule has 1 saturated heterocycles. The SMILES string of the molecule is CN(C)C1(c2cccs2)CCN(C(=O)CNC(=O)c2ccc3ccn(C)c3c2)CC1. The second kappa shape index (κ2) is 8.24. The molecule has 0 saturated carbocycles. The van der Waals surface area contributed by atoms with Crippen LogP contribution in [0, 0.1) is 0 Å². The normalized spacial score (nSPS) is 16.2. The molecular weight excluding hydrogens is 396 g/mol. The molecule has 30 heavy (non-hydrogen) atoms. The Balaban J connectivity index is 1.35. The molecule has 0 unspecified atom stereocenters. The van der Waals surface area contributed by atoms with Crippen molar-refractivity contribution in [2.24, 2.45) is 7.05 Å².